The van der Waals surface area contributed by atoms with E-state index in [1.807, 2.05) is 4.90 Å². The van der Waals surface area contributed by atoms with Crippen molar-refractivity contribution in [1.29, 1.82) is 0 Å². The zero-order valence-corrected chi connectivity index (χ0v) is 23.6. The minimum absolute atomic E-state index is 0.0634. The predicted molar refractivity (Wildman–Crippen MR) is 145 cm³/mol. The Kier molecular flexibility index (Phi) is 8.04. The van der Waals surface area contributed by atoms with Crippen molar-refractivity contribution in [2.45, 2.75) is 75.4 Å². The number of nitrogens with zero attached hydrogens (tertiary/aromatic N) is 2. The smallest absolute Gasteiger partial charge is 0.413 e. The Labute approximate surface area is 230 Å². The van der Waals surface area contributed by atoms with Crippen LogP contribution >= 0.6 is 0 Å². The fourth-order valence-corrected chi connectivity index (χ4v) is 7.21. The van der Waals surface area contributed by atoms with Crippen LogP contribution in [0.4, 0.5) is 4.79 Å². The number of hydrogen-bond acceptors (Lipinski definition) is 8. The van der Waals surface area contributed by atoms with E-state index in [-0.39, 0.29) is 22.9 Å². The van der Waals surface area contributed by atoms with Crippen LogP contribution in [0.25, 0.3) is 0 Å². The molecule has 214 valence electrons. The van der Waals surface area contributed by atoms with E-state index in [0.717, 1.165) is 37.7 Å². The number of carbonyl (C=O) groups is 2. The van der Waals surface area contributed by atoms with Gasteiger partial charge in [0.25, 0.3) is 0 Å². The molecule has 2 amide bonds. The van der Waals surface area contributed by atoms with Gasteiger partial charge in [0, 0.05) is 37.7 Å². The lowest BCUT2D eigenvalue weighted by atomic mass is 9.93. The summed E-state index contributed by atoms with van der Waals surface area (Å²) < 4.78 is 39.3. The Morgan fingerprint density at radius 3 is 2.82 bits per heavy atom. The molecule has 3 N–H and O–H groups in total. The second-order valence-electron chi connectivity index (χ2n) is 11.3. The molecule has 1 unspecified atom stereocenters. The number of fused-ring (bicyclic) bond motifs is 1. The minimum atomic E-state index is -3.87. The van der Waals surface area contributed by atoms with Gasteiger partial charge in [0.2, 0.25) is 21.9 Å². The van der Waals surface area contributed by atoms with E-state index in [1.165, 1.54) is 7.11 Å². The molecule has 1 saturated heterocycles. The summed E-state index contributed by atoms with van der Waals surface area (Å²) in [4.78, 5) is 31.5. The molecule has 1 saturated carbocycles. The first kappa shape index (κ1) is 27.7. The van der Waals surface area contributed by atoms with Crippen molar-refractivity contribution in [2.24, 2.45) is 22.7 Å². The number of methoxy groups -OCH3 is 1. The van der Waals surface area contributed by atoms with Crippen molar-refractivity contribution in [3.63, 3.8) is 0 Å². The summed E-state index contributed by atoms with van der Waals surface area (Å²) in [5, 5.41) is 5.83. The fourth-order valence-electron chi connectivity index (χ4n) is 5.97. The summed E-state index contributed by atoms with van der Waals surface area (Å²) >= 11 is 0. The number of aliphatic imine (C=N–C) groups is 1. The molecule has 3 heterocycles. The molecule has 0 aromatic heterocycles. The standard InChI is InChI=1S/C27H39N5O6S/c1-16-5-4-6-23(31-39(35,36)22-8-7-18-9-10-38-24(18)13-22)25(33)32(16)15-21-12-19(21)11-20-14-28-26(29-17(20)2)30-27(34)37-3/h7-8,13,16-17,19-21,23,31H,4-6,9-12,14-15H2,1-3H3,(H2,28,29,30,34)/t16-,17-,19?,20+,21-,23+/m1/s1. The van der Waals surface area contributed by atoms with Crippen LogP contribution in [0.3, 0.4) is 0 Å². The van der Waals surface area contributed by atoms with Crippen LogP contribution in [0, 0.1) is 17.8 Å². The third-order valence-electron chi connectivity index (χ3n) is 8.57. The van der Waals surface area contributed by atoms with E-state index in [4.69, 9.17) is 4.74 Å². The first-order valence-electron chi connectivity index (χ1n) is 13.9. The van der Waals surface area contributed by atoms with Crippen LogP contribution in [-0.4, -0.2) is 76.2 Å². The highest BCUT2D eigenvalue weighted by molar-refractivity contribution is 7.89. The zero-order valence-electron chi connectivity index (χ0n) is 22.8. The maximum absolute atomic E-state index is 13.6. The molecule has 1 aliphatic carbocycles. The van der Waals surface area contributed by atoms with Gasteiger partial charge in [-0.05, 0) is 75.3 Å². The van der Waals surface area contributed by atoms with Crippen LogP contribution in [-0.2, 0) is 26.0 Å². The molecule has 1 aromatic rings. The van der Waals surface area contributed by atoms with E-state index < -0.39 is 22.2 Å². The molecule has 11 nitrogen and oxygen atoms in total. The number of hydrogen-bond donors (Lipinski definition) is 3. The SMILES string of the molecule is COC(=O)NC1=NC[C@H](CC2C[C@@H]2CN2C(=O)[C@@H](NS(=O)(=O)c3ccc4c(c3)OCC4)CCC[C@H]2C)[C@@H](C)N1. The summed E-state index contributed by atoms with van der Waals surface area (Å²) in [6.07, 6.45) is 4.37. The van der Waals surface area contributed by atoms with Crippen molar-refractivity contribution in [3.8, 4) is 5.75 Å². The van der Waals surface area contributed by atoms with E-state index in [2.05, 4.69) is 38.9 Å². The molecule has 12 heteroatoms. The van der Waals surface area contributed by atoms with E-state index in [1.54, 1.807) is 18.2 Å². The summed E-state index contributed by atoms with van der Waals surface area (Å²) in [6.45, 7) is 5.96. The van der Waals surface area contributed by atoms with Crippen molar-refractivity contribution in [1.82, 2.24) is 20.3 Å². The first-order chi connectivity index (χ1) is 18.6. The molecule has 1 aromatic carbocycles. The van der Waals surface area contributed by atoms with E-state index in [9.17, 15) is 18.0 Å². The Morgan fingerprint density at radius 2 is 2.05 bits per heavy atom. The van der Waals surface area contributed by atoms with Crippen LogP contribution in [0.1, 0.15) is 51.5 Å². The highest BCUT2D eigenvalue weighted by Gasteiger charge is 2.44. The van der Waals surface area contributed by atoms with Crippen LogP contribution in [0.5, 0.6) is 5.75 Å². The molecule has 5 rings (SSSR count). The van der Waals surface area contributed by atoms with Crippen LogP contribution < -0.4 is 20.1 Å². The lowest BCUT2D eigenvalue weighted by Crippen LogP contribution is -2.51. The maximum Gasteiger partial charge on any atom is 0.413 e. The average Bonchev–Trinajstić information content (AvgIpc) is 3.49. The van der Waals surface area contributed by atoms with E-state index >= 15 is 0 Å². The number of benzene rings is 1. The largest absolute Gasteiger partial charge is 0.493 e. The average molecular weight is 562 g/mol. The molecule has 4 aliphatic rings. The predicted octanol–water partition coefficient (Wildman–Crippen LogP) is 2.02. The number of alkyl carbamates (subject to hydrolysis) is 1. The molecule has 3 aliphatic heterocycles. The van der Waals surface area contributed by atoms with Gasteiger partial charge in [-0.25, -0.2) is 13.2 Å². The Hall–Kier alpha value is -2.86. The molecular weight excluding hydrogens is 522 g/mol. The molecule has 0 radical (unpaired) electrons. The maximum atomic E-state index is 13.6. The van der Waals surface area contributed by atoms with Crippen LogP contribution in [0.15, 0.2) is 28.1 Å². The molecule has 6 atom stereocenters. The Balaban J connectivity index is 1.18. The third-order valence-corrected chi connectivity index (χ3v) is 10.0. The van der Waals surface area contributed by atoms with Crippen molar-refractivity contribution < 1.29 is 27.5 Å². The lowest BCUT2D eigenvalue weighted by Gasteiger charge is -2.31. The van der Waals surface area contributed by atoms with Gasteiger partial charge in [0.1, 0.15) is 11.8 Å². The van der Waals surface area contributed by atoms with Gasteiger partial charge in [-0.15, -0.1) is 0 Å². The third kappa shape index (κ3) is 6.32. The van der Waals surface area contributed by atoms with Gasteiger partial charge in [0.05, 0.1) is 18.6 Å². The van der Waals surface area contributed by atoms with Gasteiger partial charge in [0.15, 0.2) is 0 Å². The number of amides is 2. The van der Waals surface area contributed by atoms with E-state index in [0.29, 0.717) is 55.6 Å². The Morgan fingerprint density at radius 1 is 1.23 bits per heavy atom. The Bertz CT molecular complexity index is 1240. The fraction of sp³-hybridized carbons (Fsp3) is 0.667. The van der Waals surface area contributed by atoms with Gasteiger partial charge in [-0.2, -0.15) is 4.72 Å². The second-order valence-corrected chi connectivity index (χ2v) is 13.0. The summed E-state index contributed by atoms with van der Waals surface area (Å²) in [7, 11) is -2.55. The lowest BCUT2D eigenvalue weighted by molar-refractivity contribution is -0.134. The number of ether oxygens (including phenoxy) is 2. The molecular formula is C27H39N5O6S. The normalized spacial score (nSPS) is 30.4. The highest BCUT2D eigenvalue weighted by Crippen LogP contribution is 2.45. The summed E-state index contributed by atoms with van der Waals surface area (Å²) in [6, 6.07) is 4.38. The number of guanidine groups is 1. The number of carbonyl (C=O) groups excluding carboxylic acids is 2. The monoisotopic (exact) mass is 561 g/mol. The number of sulfonamides is 1. The van der Waals surface area contributed by atoms with Crippen molar-refractivity contribution >= 4 is 28.0 Å². The van der Waals surface area contributed by atoms with Crippen molar-refractivity contribution in [2.75, 3.05) is 26.8 Å². The molecule has 0 bridgehead atoms. The van der Waals surface area contributed by atoms with Crippen LogP contribution in [0.2, 0.25) is 0 Å². The topological polar surface area (TPSA) is 138 Å². The number of rotatable bonds is 7. The van der Waals surface area contributed by atoms with Gasteiger partial charge in [-0.1, -0.05) is 6.07 Å². The molecule has 0 spiro atoms. The quantitative estimate of drug-likeness (QED) is 0.463. The summed E-state index contributed by atoms with van der Waals surface area (Å²) in [5.74, 6) is 2.12. The molecule has 2 fully saturated rings. The molecule has 39 heavy (non-hydrogen) atoms. The summed E-state index contributed by atoms with van der Waals surface area (Å²) in [5.41, 5.74) is 1.00. The first-order valence-corrected chi connectivity index (χ1v) is 15.4. The minimum Gasteiger partial charge on any atom is -0.493 e. The van der Waals surface area contributed by atoms with Crippen molar-refractivity contribution in [3.05, 3.63) is 23.8 Å². The second kappa shape index (κ2) is 11.3. The number of nitrogens with one attached hydrogen (secondary N) is 3. The zero-order chi connectivity index (χ0) is 27.7. The van der Waals surface area contributed by atoms with Gasteiger partial charge >= 0.3 is 6.09 Å². The van der Waals surface area contributed by atoms with Gasteiger partial charge < -0.3 is 19.7 Å². The van der Waals surface area contributed by atoms with Gasteiger partial charge in [-0.3, -0.25) is 15.1 Å². The highest BCUT2D eigenvalue weighted by atomic mass is 32.2. The number of likely N-dealkylation sites (tertiary alicyclic amines) is 1.